The number of nitriles is 1. The molecule has 0 bridgehead atoms. The van der Waals surface area contributed by atoms with E-state index in [0.29, 0.717) is 18.7 Å². The molecule has 0 saturated carbocycles. The highest BCUT2D eigenvalue weighted by Gasteiger charge is 2.09. The highest BCUT2D eigenvalue weighted by atomic mass is 79.9. The van der Waals surface area contributed by atoms with Crippen molar-refractivity contribution in [3.8, 4) is 6.07 Å². The van der Waals surface area contributed by atoms with Crippen molar-refractivity contribution < 1.29 is 5.11 Å². The molecule has 0 spiro atoms. The molecule has 20 heavy (non-hydrogen) atoms. The molecule has 4 heteroatoms. The number of halogens is 1. The van der Waals surface area contributed by atoms with Gasteiger partial charge in [0.25, 0.3) is 0 Å². The molecule has 2 rings (SSSR count). The van der Waals surface area contributed by atoms with Crippen LogP contribution in [0, 0.1) is 11.3 Å². The third-order valence-corrected chi connectivity index (χ3v) is 3.42. The van der Waals surface area contributed by atoms with Gasteiger partial charge in [0.05, 0.1) is 18.2 Å². The normalized spacial score (nSPS) is 10.1. The molecule has 2 aromatic rings. The summed E-state index contributed by atoms with van der Waals surface area (Å²) >= 11 is 3.42. The van der Waals surface area contributed by atoms with Gasteiger partial charge in [-0.3, -0.25) is 0 Å². The average Bonchev–Trinajstić information content (AvgIpc) is 2.47. The molecule has 0 fully saturated rings. The van der Waals surface area contributed by atoms with Crippen molar-refractivity contribution in [3.05, 3.63) is 64.1 Å². The highest BCUT2D eigenvalue weighted by molar-refractivity contribution is 9.10. The van der Waals surface area contributed by atoms with E-state index in [4.69, 9.17) is 5.26 Å². The number of hydrogen-bond donors (Lipinski definition) is 1. The van der Waals surface area contributed by atoms with E-state index in [1.807, 2.05) is 42.5 Å². The Kier molecular flexibility index (Phi) is 5.16. The van der Waals surface area contributed by atoms with Crippen molar-refractivity contribution in [1.29, 1.82) is 5.26 Å². The van der Waals surface area contributed by atoms with E-state index in [2.05, 4.69) is 26.9 Å². The van der Waals surface area contributed by atoms with Crippen LogP contribution in [-0.2, 0) is 6.54 Å². The molecule has 0 heterocycles. The summed E-state index contributed by atoms with van der Waals surface area (Å²) in [6.07, 6.45) is 0. The number of rotatable bonds is 5. The van der Waals surface area contributed by atoms with E-state index >= 15 is 0 Å². The maximum atomic E-state index is 9.25. The lowest BCUT2D eigenvalue weighted by Gasteiger charge is -2.24. The fourth-order valence-corrected chi connectivity index (χ4v) is 2.53. The Labute approximate surface area is 127 Å². The molecule has 0 aliphatic heterocycles. The second kappa shape index (κ2) is 7.09. The Morgan fingerprint density at radius 3 is 2.55 bits per heavy atom. The molecule has 102 valence electrons. The lowest BCUT2D eigenvalue weighted by atomic mass is 10.1. The van der Waals surface area contributed by atoms with Crippen LogP contribution < -0.4 is 4.90 Å². The third kappa shape index (κ3) is 3.83. The lowest BCUT2D eigenvalue weighted by Crippen LogP contribution is -2.26. The van der Waals surface area contributed by atoms with Gasteiger partial charge < -0.3 is 10.0 Å². The predicted molar refractivity (Wildman–Crippen MR) is 83.4 cm³/mol. The van der Waals surface area contributed by atoms with Gasteiger partial charge in [-0.25, -0.2) is 0 Å². The Balaban J connectivity index is 2.29. The molecule has 0 aliphatic rings. The first-order valence-electron chi connectivity index (χ1n) is 6.33. The van der Waals surface area contributed by atoms with E-state index in [-0.39, 0.29) is 6.61 Å². The zero-order valence-electron chi connectivity index (χ0n) is 11.0. The lowest BCUT2D eigenvalue weighted by molar-refractivity contribution is 0.301. The summed E-state index contributed by atoms with van der Waals surface area (Å²) in [5.74, 6) is 0. The predicted octanol–water partition coefficient (Wildman–Crippen LogP) is 3.32. The van der Waals surface area contributed by atoms with Gasteiger partial charge in [0.2, 0.25) is 0 Å². The monoisotopic (exact) mass is 330 g/mol. The minimum Gasteiger partial charge on any atom is -0.395 e. The summed E-state index contributed by atoms with van der Waals surface area (Å²) < 4.78 is 0.863. The van der Waals surface area contributed by atoms with Gasteiger partial charge in [0, 0.05) is 23.2 Å². The average molecular weight is 331 g/mol. The van der Waals surface area contributed by atoms with Crippen LogP contribution >= 0.6 is 15.9 Å². The molecule has 0 aliphatic carbocycles. The van der Waals surface area contributed by atoms with E-state index in [1.165, 1.54) is 5.56 Å². The van der Waals surface area contributed by atoms with Crippen LogP contribution in [0.2, 0.25) is 0 Å². The van der Waals surface area contributed by atoms with Gasteiger partial charge in [-0.1, -0.05) is 46.3 Å². The molecule has 0 amide bonds. The maximum Gasteiger partial charge on any atom is 0.0992 e. The largest absolute Gasteiger partial charge is 0.395 e. The van der Waals surface area contributed by atoms with Crippen molar-refractivity contribution in [2.45, 2.75) is 6.54 Å². The van der Waals surface area contributed by atoms with Gasteiger partial charge in [0.1, 0.15) is 0 Å². The number of hydrogen-bond acceptors (Lipinski definition) is 3. The Morgan fingerprint density at radius 2 is 1.90 bits per heavy atom. The molecular weight excluding hydrogens is 316 g/mol. The van der Waals surface area contributed by atoms with Crippen LogP contribution in [0.5, 0.6) is 0 Å². The summed E-state index contributed by atoms with van der Waals surface area (Å²) in [6.45, 7) is 1.29. The zero-order chi connectivity index (χ0) is 14.4. The minimum absolute atomic E-state index is 0.0707. The molecule has 0 aromatic heterocycles. The second-order valence-electron chi connectivity index (χ2n) is 4.44. The van der Waals surface area contributed by atoms with E-state index < -0.39 is 0 Å². The van der Waals surface area contributed by atoms with Crippen LogP contribution in [0.25, 0.3) is 0 Å². The fraction of sp³-hybridized carbons (Fsp3) is 0.188. The van der Waals surface area contributed by atoms with Gasteiger partial charge in [0.15, 0.2) is 0 Å². The van der Waals surface area contributed by atoms with Gasteiger partial charge in [-0.2, -0.15) is 5.26 Å². The summed E-state index contributed by atoms with van der Waals surface area (Å²) in [4.78, 5) is 2.06. The van der Waals surface area contributed by atoms with E-state index in [9.17, 15) is 5.11 Å². The van der Waals surface area contributed by atoms with Crippen molar-refractivity contribution in [2.24, 2.45) is 0 Å². The molecular formula is C16H15BrN2O. The summed E-state index contributed by atoms with van der Waals surface area (Å²) in [7, 11) is 0. The summed E-state index contributed by atoms with van der Waals surface area (Å²) in [5, 5.41) is 18.3. The standard InChI is InChI=1S/C16H15BrN2O/c17-15-8-14(11-18)9-16(10-15)19(6-7-20)12-13-4-2-1-3-5-13/h1-5,8-10,20H,6-7,12H2. The fourth-order valence-electron chi connectivity index (χ4n) is 2.05. The second-order valence-corrected chi connectivity index (χ2v) is 5.36. The number of nitrogens with zero attached hydrogens (tertiary/aromatic N) is 2. The summed E-state index contributed by atoms with van der Waals surface area (Å²) in [6, 6.07) is 17.8. The zero-order valence-corrected chi connectivity index (χ0v) is 12.5. The maximum absolute atomic E-state index is 9.25. The third-order valence-electron chi connectivity index (χ3n) is 2.96. The quantitative estimate of drug-likeness (QED) is 0.914. The number of anilines is 1. The van der Waals surface area contributed by atoms with Crippen molar-refractivity contribution in [1.82, 2.24) is 0 Å². The smallest absolute Gasteiger partial charge is 0.0992 e. The summed E-state index contributed by atoms with van der Waals surface area (Å²) in [5.41, 5.74) is 2.69. The SMILES string of the molecule is N#Cc1cc(Br)cc(N(CCO)Cc2ccccc2)c1. The Bertz CT molecular complexity index is 608. The first-order valence-corrected chi connectivity index (χ1v) is 7.12. The molecule has 3 nitrogen and oxygen atoms in total. The Morgan fingerprint density at radius 1 is 1.15 bits per heavy atom. The molecule has 2 aromatic carbocycles. The number of benzene rings is 2. The first-order chi connectivity index (χ1) is 9.72. The molecule has 0 atom stereocenters. The first kappa shape index (κ1) is 14.6. The van der Waals surface area contributed by atoms with E-state index in [1.54, 1.807) is 6.07 Å². The highest BCUT2D eigenvalue weighted by Crippen LogP contribution is 2.24. The number of aliphatic hydroxyl groups excluding tert-OH is 1. The van der Waals surface area contributed by atoms with Crippen molar-refractivity contribution in [3.63, 3.8) is 0 Å². The molecule has 0 radical (unpaired) electrons. The molecule has 0 unspecified atom stereocenters. The Hall–Kier alpha value is -1.83. The van der Waals surface area contributed by atoms with Crippen LogP contribution in [0.15, 0.2) is 53.0 Å². The van der Waals surface area contributed by atoms with Crippen molar-refractivity contribution in [2.75, 3.05) is 18.1 Å². The van der Waals surface area contributed by atoms with Crippen LogP contribution in [-0.4, -0.2) is 18.3 Å². The van der Waals surface area contributed by atoms with Crippen LogP contribution in [0.1, 0.15) is 11.1 Å². The van der Waals surface area contributed by atoms with Gasteiger partial charge in [-0.15, -0.1) is 0 Å². The molecule has 0 saturated heterocycles. The van der Waals surface area contributed by atoms with Crippen LogP contribution in [0.4, 0.5) is 5.69 Å². The molecule has 1 N–H and O–H groups in total. The van der Waals surface area contributed by atoms with Crippen molar-refractivity contribution >= 4 is 21.6 Å². The van der Waals surface area contributed by atoms with E-state index in [0.717, 1.165) is 10.2 Å². The topological polar surface area (TPSA) is 47.3 Å². The van der Waals surface area contributed by atoms with Gasteiger partial charge in [-0.05, 0) is 23.8 Å². The van der Waals surface area contributed by atoms with Gasteiger partial charge >= 0.3 is 0 Å². The minimum atomic E-state index is 0.0707. The number of aliphatic hydroxyl groups is 1. The van der Waals surface area contributed by atoms with Crippen LogP contribution in [0.3, 0.4) is 0 Å².